The summed E-state index contributed by atoms with van der Waals surface area (Å²) in [5.41, 5.74) is 1.76. The molecule has 158 valence electrons. The minimum absolute atomic E-state index is 0.161. The minimum Gasteiger partial charge on any atom is -0.494 e. The van der Waals surface area contributed by atoms with Gasteiger partial charge in [0.25, 0.3) is 5.91 Å². The normalized spacial score (nSPS) is 24.3. The van der Waals surface area contributed by atoms with Crippen LogP contribution in [0.25, 0.3) is 0 Å². The molecule has 4 rings (SSSR count). The Bertz CT molecular complexity index is 890. The molecule has 0 radical (unpaired) electrons. The number of imide groups is 1. The summed E-state index contributed by atoms with van der Waals surface area (Å²) in [5, 5.41) is 0. The van der Waals surface area contributed by atoms with E-state index in [-0.39, 0.29) is 30.1 Å². The smallest absolute Gasteiger partial charge is 0.292 e. The van der Waals surface area contributed by atoms with E-state index in [1.807, 2.05) is 19.1 Å². The van der Waals surface area contributed by atoms with Gasteiger partial charge in [-0.1, -0.05) is 12.1 Å². The number of benzene rings is 2. The van der Waals surface area contributed by atoms with Crippen LogP contribution in [0, 0.1) is 11.7 Å². The SMILES string of the molecule is CCOc1ccc(CC2CC[NH+]([C@@H]3CC(=O)N(c4ccc(F)cc4)C3=O)CC2)cc1. The van der Waals surface area contributed by atoms with E-state index in [4.69, 9.17) is 4.74 Å². The zero-order valence-corrected chi connectivity index (χ0v) is 17.3. The number of ether oxygens (including phenoxy) is 1. The average Bonchev–Trinajstić information content (AvgIpc) is 3.05. The summed E-state index contributed by atoms with van der Waals surface area (Å²) in [6, 6.07) is 13.5. The highest BCUT2D eigenvalue weighted by molar-refractivity contribution is 6.21. The molecule has 0 bridgehead atoms. The average molecular weight is 411 g/mol. The van der Waals surface area contributed by atoms with Gasteiger partial charge in [0, 0.05) is 0 Å². The van der Waals surface area contributed by atoms with E-state index >= 15 is 0 Å². The Kier molecular flexibility index (Phi) is 6.13. The standard InChI is InChI=1S/C24H27FN2O3/c1-2-30-21-9-3-17(4-10-21)15-18-11-13-26(14-12-18)22-16-23(28)27(24(22)29)20-7-5-19(25)6-8-20/h3-10,18,22H,2,11-16H2,1H3/p+1/t22-/m1/s1. The second-order valence-corrected chi connectivity index (χ2v) is 8.18. The van der Waals surface area contributed by atoms with Crippen molar-refractivity contribution < 1.29 is 23.6 Å². The van der Waals surface area contributed by atoms with Gasteiger partial charge in [0.2, 0.25) is 5.91 Å². The summed E-state index contributed by atoms with van der Waals surface area (Å²) in [7, 11) is 0. The molecule has 2 aliphatic heterocycles. The number of likely N-dealkylation sites (tertiary alicyclic amines) is 1. The Morgan fingerprint density at radius 2 is 1.70 bits per heavy atom. The Morgan fingerprint density at radius 1 is 1.03 bits per heavy atom. The second-order valence-electron chi connectivity index (χ2n) is 8.18. The Balaban J connectivity index is 1.33. The van der Waals surface area contributed by atoms with Gasteiger partial charge in [0.15, 0.2) is 6.04 Å². The van der Waals surface area contributed by atoms with Crippen LogP contribution in [0.5, 0.6) is 5.75 Å². The predicted octanol–water partition coefficient (Wildman–Crippen LogP) is 2.39. The van der Waals surface area contributed by atoms with Crippen molar-refractivity contribution in [1.82, 2.24) is 0 Å². The van der Waals surface area contributed by atoms with Gasteiger partial charge >= 0.3 is 0 Å². The summed E-state index contributed by atoms with van der Waals surface area (Å²) in [5.74, 6) is 0.754. The molecule has 0 spiro atoms. The molecule has 2 amide bonds. The molecule has 2 aromatic carbocycles. The van der Waals surface area contributed by atoms with Crippen LogP contribution in [0.1, 0.15) is 31.7 Å². The van der Waals surface area contributed by atoms with Crippen molar-refractivity contribution in [2.24, 2.45) is 5.92 Å². The molecule has 2 fully saturated rings. The third kappa shape index (κ3) is 4.38. The predicted molar refractivity (Wildman–Crippen MR) is 112 cm³/mol. The molecule has 0 saturated carbocycles. The van der Waals surface area contributed by atoms with E-state index in [0.29, 0.717) is 18.2 Å². The van der Waals surface area contributed by atoms with Crippen molar-refractivity contribution in [3.05, 3.63) is 59.9 Å². The van der Waals surface area contributed by atoms with Gasteiger partial charge in [0.05, 0.1) is 31.8 Å². The number of halogens is 1. The number of hydrogen-bond acceptors (Lipinski definition) is 3. The molecule has 1 N–H and O–H groups in total. The number of quaternary nitrogens is 1. The zero-order chi connectivity index (χ0) is 21.1. The number of rotatable bonds is 6. The largest absolute Gasteiger partial charge is 0.494 e. The lowest BCUT2D eigenvalue weighted by Gasteiger charge is -2.32. The Labute approximate surface area is 176 Å². The van der Waals surface area contributed by atoms with Gasteiger partial charge in [-0.15, -0.1) is 0 Å². The van der Waals surface area contributed by atoms with Crippen LogP contribution < -0.4 is 14.5 Å². The molecule has 0 aliphatic carbocycles. The molecule has 2 heterocycles. The van der Waals surface area contributed by atoms with Crippen LogP contribution in [-0.2, 0) is 16.0 Å². The van der Waals surface area contributed by atoms with Crippen LogP contribution in [0.3, 0.4) is 0 Å². The molecule has 0 unspecified atom stereocenters. The maximum atomic E-state index is 13.2. The number of nitrogens with one attached hydrogen (secondary N) is 1. The van der Waals surface area contributed by atoms with Crippen molar-refractivity contribution >= 4 is 17.5 Å². The molecule has 6 heteroatoms. The van der Waals surface area contributed by atoms with Crippen molar-refractivity contribution in [3.63, 3.8) is 0 Å². The Hall–Kier alpha value is -2.73. The molecule has 0 aromatic heterocycles. The lowest BCUT2D eigenvalue weighted by molar-refractivity contribution is -0.920. The number of hydrogen-bond donors (Lipinski definition) is 1. The van der Waals surface area contributed by atoms with Crippen molar-refractivity contribution in [3.8, 4) is 5.75 Å². The fourth-order valence-corrected chi connectivity index (χ4v) is 4.64. The van der Waals surface area contributed by atoms with Crippen LogP contribution in [-0.4, -0.2) is 37.6 Å². The summed E-state index contributed by atoms with van der Waals surface area (Å²) in [4.78, 5) is 27.8. The van der Waals surface area contributed by atoms with Crippen LogP contribution in [0.4, 0.5) is 10.1 Å². The molecule has 1 atom stereocenters. The maximum absolute atomic E-state index is 13.2. The van der Waals surface area contributed by atoms with E-state index in [9.17, 15) is 14.0 Å². The van der Waals surface area contributed by atoms with E-state index in [1.165, 1.54) is 39.6 Å². The van der Waals surface area contributed by atoms with Crippen molar-refractivity contribution in [1.29, 1.82) is 0 Å². The molecular weight excluding hydrogens is 383 g/mol. The number of carbonyl (C=O) groups excluding carboxylic acids is 2. The molecule has 30 heavy (non-hydrogen) atoms. The minimum atomic E-state index is -0.380. The maximum Gasteiger partial charge on any atom is 0.292 e. The fourth-order valence-electron chi connectivity index (χ4n) is 4.64. The highest BCUT2D eigenvalue weighted by atomic mass is 19.1. The first kappa shape index (κ1) is 20.5. The van der Waals surface area contributed by atoms with E-state index in [2.05, 4.69) is 12.1 Å². The summed E-state index contributed by atoms with van der Waals surface area (Å²) in [6.45, 7) is 4.43. The van der Waals surface area contributed by atoms with Gasteiger partial charge in [-0.3, -0.25) is 9.59 Å². The number of anilines is 1. The van der Waals surface area contributed by atoms with Crippen LogP contribution >= 0.6 is 0 Å². The monoisotopic (exact) mass is 411 g/mol. The molecule has 2 aliphatic rings. The highest BCUT2D eigenvalue weighted by Crippen LogP contribution is 2.24. The summed E-state index contributed by atoms with van der Waals surface area (Å²) >= 11 is 0. The van der Waals surface area contributed by atoms with Crippen LogP contribution in [0.2, 0.25) is 0 Å². The quantitative estimate of drug-likeness (QED) is 0.743. The third-order valence-electron chi connectivity index (χ3n) is 6.23. The fraction of sp³-hybridized carbons (Fsp3) is 0.417. The van der Waals surface area contributed by atoms with Gasteiger partial charge in [-0.05, 0) is 74.1 Å². The number of nitrogens with zero attached hydrogens (tertiary/aromatic N) is 1. The molecule has 2 saturated heterocycles. The van der Waals surface area contributed by atoms with Gasteiger partial charge < -0.3 is 9.64 Å². The van der Waals surface area contributed by atoms with E-state index in [0.717, 1.165) is 38.1 Å². The number of carbonyl (C=O) groups is 2. The first-order chi connectivity index (χ1) is 14.5. The summed E-state index contributed by atoms with van der Waals surface area (Å²) < 4.78 is 18.7. The zero-order valence-electron chi connectivity index (χ0n) is 17.3. The third-order valence-corrected chi connectivity index (χ3v) is 6.23. The van der Waals surface area contributed by atoms with Gasteiger partial charge in [-0.2, -0.15) is 0 Å². The highest BCUT2D eigenvalue weighted by Gasteiger charge is 2.46. The number of amides is 2. The Morgan fingerprint density at radius 3 is 2.33 bits per heavy atom. The summed E-state index contributed by atoms with van der Waals surface area (Å²) in [6.07, 6.45) is 3.34. The number of piperidine rings is 1. The first-order valence-corrected chi connectivity index (χ1v) is 10.7. The van der Waals surface area contributed by atoms with Gasteiger partial charge in [-0.25, -0.2) is 9.29 Å². The molecule has 5 nitrogen and oxygen atoms in total. The van der Waals surface area contributed by atoms with Crippen molar-refractivity contribution in [2.45, 2.75) is 38.6 Å². The lowest BCUT2D eigenvalue weighted by Crippen LogP contribution is -3.17. The van der Waals surface area contributed by atoms with E-state index in [1.54, 1.807) is 0 Å². The molecular formula is C24H28FN2O3+. The van der Waals surface area contributed by atoms with Crippen molar-refractivity contribution in [2.75, 3.05) is 24.6 Å². The lowest BCUT2D eigenvalue weighted by atomic mass is 9.89. The van der Waals surface area contributed by atoms with E-state index < -0.39 is 0 Å². The van der Waals surface area contributed by atoms with Gasteiger partial charge in [0.1, 0.15) is 11.6 Å². The van der Waals surface area contributed by atoms with Crippen LogP contribution in [0.15, 0.2) is 48.5 Å². The second kappa shape index (κ2) is 8.96. The first-order valence-electron chi connectivity index (χ1n) is 10.7. The topological polar surface area (TPSA) is 51.1 Å². The molecule has 2 aromatic rings.